The van der Waals surface area contributed by atoms with Crippen LogP contribution in [-0.4, -0.2) is 10.3 Å². The first-order valence-electron chi connectivity index (χ1n) is 3.91. The van der Waals surface area contributed by atoms with Crippen molar-refractivity contribution >= 4 is 23.0 Å². The summed E-state index contributed by atoms with van der Waals surface area (Å²) < 4.78 is 0. The van der Waals surface area contributed by atoms with E-state index in [1.165, 1.54) is 0 Å². The maximum atomic E-state index is 9.51. The fourth-order valence-corrected chi connectivity index (χ4v) is 1.12. The molecule has 0 aliphatic rings. The van der Waals surface area contributed by atoms with Crippen LogP contribution in [0.3, 0.4) is 0 Å². The van der Waals surface area contributed by atoms with E-state index < -0.39 is 0 Å². The standard InChI is InChI=1S/C11H9NOS/c1-8(9(2)12-7-14)10-5-3-4-6-11(10)13/h3-6,13H,1-2H2. The van der Waals surface area contributed by atoms with Crippen molar-refractivity contribution in [1.29, 1.82) is 0 Å². The summed E-state index contributed by atoms with van der Waals surface area (Å²) in [4.78, 5) is 3.70. The predicted octanol–water partition coefficient (Wildman–Crippen LogP) is 3.02. The number of hydrogen-bond acceptors (Lipinski definition) is 3. The molecule has 0 saturated carbocycles. The second-order valence-electron chi connectivity index (χ2n) is 2.65. The van der Waals surface area contributed by atoms with Crippen molar-refractivity contribution in [1.82, 2.24) is 0 Å². The molecular weight excluding hydrogens is 194 g/mol. The van der Waals surface area contributed by atoms with E-state index >= 15 is 0 Å². The van der Waals surface area contributed by atoms with Crippen molar-refractivity contribution in [2.45, 2.75) is 0 Å². The van der Waals surface area contributed by atoms with E-state index in [1.807, 2.05) is 0 Å². The summed E-state index contributed by atoms with van der Waals surface area (Å²) in [5.74, 6) is 0.151. The number of aromatic hydroxyl groups is 1. The molecule has 0 unspecified atom stereocenters. The Balaban J connectivity index is 3.07. The second-order valence-corrected chi connectivity index (χ2v) is 2.83. The lowest BCUT2D eigenvalue weighted by Gasteiger charge is -2.05. The number of para-hydroxylation sites is 1. The highest BCUT2D eigenvalue weighted by Gasteiger charge is 2.06. The van der Waals surface area contributed by atoms with Crippen LogP contribution in [0.5, 0.6) is 5.75 Å². The van der Waals surface area contributed by atoms with Crippen molar-refractivity contribution in [3.8, 4) is 5.75 Å². The van der Waals surface area contributed by atoms with Crippen LogP contribution in [0, 0.1) is 0 Å². The smallest absolute Gasteiger partial charge is 0.123 e. The molecule has 14 heavy (non-hydrogen) atoms. The van der Waals surface area contributed by atoms with E-state index in [4.69, 9.17) is 0 Å². The van der Waals surface area contributed by atoms with Gasteiger partial charge in [0.05, 0.1) is 10.9 Å². The van der Waals surface area contributed by atoms with Gasteiger partial charge in [0, 0.05) is 11.1 Å². The first kappa shape index (κ1) is 10.4. The second kappa shape index (κ2) is 4.51. The lowest BCUT2D eigenvalue weighted by Crippen LogP contribution is -1.85. The molecule has 1 N–H and O–H groups in total. The van der Waals surface area contributed by atoms with Gasteiger partial charge in [0.15, 0.2) is 0 Å². The zero-order valence-corrected chi connectivity index (χ0v) is 8.34. The zero-order chi connectivity index (χ0) is 10.6. The third-order valence-electron chi connectivity index (χ3n) is 1.76. The van der Waals surface area contributed by atoms with Gasteiger partial charge in [0.1, 0.15) is 5.75 Å². The summed E-state index contributed by atoms with van der Waals surface area (Å²) in [5, 5.41) is 11.7. The number of rotatable bonds is 3. The maximum absolute atomic E-state index is 9.51. The van der Waals surface area contributed by atoms with Crippen LogP contribution in [-0.2, 0) is 0 Å². The number of thiocarbonyl (C=S) groups is 1. The lowest BCUT2D eigenvalue weighted by molar-refractivity contribution is 0.473. The molecule has 0 aliphatic carbocycles. The Morgan fingerprint density at radius 3 is 2.57 bits per heavy atom. The largest absolute Gasteiger partial charge is 0.507 e. The van der Waals surface area contributed by atoms with Gasteiger partial charge in [-0.2, -0.15) is 4.99 Å². The van der Waals surface area contributed by atoms with Crippen molar-refractivity contribution in [3.05, 3.63) is 48.7 Å². The summed E-state index contributed by atoms with van der Waals surface area (Å²) >= 11 is 4.45. The highest BCUT2D eigenvalue weighted by atomic mass is 32.1. The van der Waals surface area contributed by atoms with Crippen LogP contribution >= 0.6 is 12.2 Å². The van der Waals surface area contributed by atoms with Gasteiger partial charge >= 0.3 is 0 Å². The van der Waals surface area contributed by atoms with Crippen LogP contribution in [0.15, 0.2) is 48.1 Å². The third kappa shape index (κ3) is 2.16. The molecule has 0 spiro atoms. The minimum atomic E-state index is 0.151. The normalized spacial score (nSPS) is 8.86. The topological polar surface area (TPSA) is 32.6 Å². The van der Waals surface area contributed by atoms with Gasteiger partial charge < -0.3 is 5.11 Å². The molecule has 0 radical (unpaired) electrons. The van der Waals surface area contributed by atoms with Gasteiger partial charge in [0.2, 0.25) is 0 Å². The maximum Gasteiger partial charge on any atom is 0.123 e. The van der Waals surface area contributed by atoms with Crippen molar-refractivity contribution in [2.75, 3.05) is 0 Å². The number of nitrogens with zero attached hydrogens (tertiary/aromatic N) is 1. The molecule has 0 amide bonds. The van der Waals surface area contributed by atoms with E-state index in [1.54, 1.807) is 24.3 Å². The fourth-order valence-electron chi connectivity index (χ4n) is 1.01. The molecule has 1 aromatic carbocycles. The number of phenols is 1. The number of allylic oxidation sites excluding steroid dienone is 1. The Morgan fingerprint density at radius 1 is 1.36 bits per heavy atom. The van der Waals surface area contributed by atoms with E-state index in [0.717, 1.165) is 0 Å². The Morgan fingerprint density at radius 2 is 2.00 bits per heavy atom. The molecule has 0 bridgehead atoms. The van der Waals surface area contributed by atoms with Crippen molar-refractivity contribution in [3.63, 3.8) is 0 Å². The Labute approximate surface area is 87.9 Å². The number of aliphatic imine (C=N–C) groups is 1. The minimum absolute atomic E-state index is 0.151. The molecule has 0 atom stereocenters. The summed E-state index contributed by atoms with van der Waals surface area (Å²) in [6.07, 6.45) is 0. The number of isothiocyanates is 1. The van der Waals surface area contributed by atoms with E-state index in [2.05, 4.69) is 35.5 Å². The molecule has 0 fully saturated rings. The Kier molecular flexibility index (Phi) is 3.35. The lowest BCUT2D eigenvalue weighted by atomic mass is 10.0. The van der Waals surface area contributed by atoms with E-state index in [9.17, 15) is 5.11 Å². The van der Waals surface area contributed by atoms with Crippen LogP contribution in [0.25, 0.3) is 5.57 Å². The molecular formula is C11H9NOS. The summed E-state index contributed by atoms with van der Waals surface area (Å²) in [7, 11) is 0. The molecule has 70 valence electrons. The van der Waals surface area contributed by atoms with Crippen LogP contribution in [0.4, 0.5) is 0 Å². The Hall–Kier alpha value is -1.70. The van der Waals surface area contributed by atoms with Crippen LogP contribution in [0.1, 0.15) is 5.56 Å². The van der Waals surface area contributed by atoms with Crippen LogP contribution in [0.2, 0.25) is 0 Å². The average molecular weight is 203 g/mol. The molecule has 1 aromatic rings. The van der Waals surface area contributed by atoms with Gasteiger partial charge in [-0.3, -0.25) is 0 Å². The molecule has 3 heteroatoms. The highest BCUT2D eigenvalue weighted by Crippen LogP contribution is 2.27. The summed E-state index contributed by atoms with van der Waals surface area (Å²) in [6.45, 7) is 7.42. The van der Waals surface area contributed by atoms with Gasteiger partial charge in [-0.25, -0.2) is 0 Å². The predicted molar refractivity (Wildman–Crippen MR) is 61.3 cm³/mol. The van der Waals surface area contributed by atoms with E-state index in [-0.39, 0.29) is 5.75 Å². The summed E-state index contributed by atoms with van der Waals surface area (Å²) in [6, 6.07) is 6.85. The quantitative estimate of drug-likeness (QED) is 0.465. The van der Waals surface area contributed by atoms with Crippen LogP contribution < -0.4 is 0 Å². The first-order chi connectivity index (χ1) is 6.66. The molecule has 0 aromatic heterocycles. The van der Waals surface area contributed by atoms with Gasteiger partial charge in [-0.1, -0.05) is 31.4 Å². The number of phenolic OH excluding ortho intramolecular Hbond substituents is 1. The van der Waals surface area contributed by atoms with Gasteiger partial charge in [-0.05, 0) is 18.3 Å². The molecule has 0 heterocycles. The highest BCUT2D eigenvalue weighted by molar-refractivity contribution is 7.78. The zero-order valence-electron chi connectivity index (χ0n) is 7.53. The number of hydrogen-bond donors (Lipinski definition) is 1. The minimum Gasteiger partial charge on any atom is -0.507 e. The third-order valence-corrected chi connectivity index (χ3v) is 1.85. The first-order valence-corrected chi connectivity index (χ1v) is 4.32. The Bertz CT molecular complexity index is 431. The van der Waals surface area contributed by atoms with Gasteiger partial charge in [0.25, 0.3) is 0 Å². The molecule has 0 aliphatic heterocycles. The average Bonchev–Trinajstić information content (AvgIpc) is 2.18. The molecule has 1 rings (SSSR count). The number of benzene rings is 1. The van der Waals surface area contributed by atoms with Gasteiger partial charge in [-0.15, -0.1) is 0 Å². The monoisotopic (exact) mass is 203 g/mol. The SMILES string of the molecule is C=C(N=C=S)C(=C)c1ccccc1O. The molecule has 0 saturated heterocycles. The summed E-state index contributed by atoms with van der Waals surface area (Å²) in [5.41, 5.74) is 1.55. The fraction of sp³-hybridized carbons (Fsp3) is 0. The van der Waals surface area contributed by atoms with E-state index in [0.29, 0.717) is 16.8 Å². The van der Waals surface area contributed by atoms with Crippen molar-refractivity contribution in [2.24, 2.45) is 4.99 Å². The molecule has 2 nitrogen and oxygen atoms in total. The van der Waals surface area contributed by atoms with Crippen molar-refractivity contribution < 1.29 is 5.11 Å².